The fourth-order valence-electron chi connectivity index (χ4n) is 3.34. The van der Waals surface area contributed by atoms with E-state index in [4.69, 9.17) is 4.52 Å². The summed E-state index contributed by atoms with van der Waals surface area (Å²) in [6.07, 6.45) is 2.82. The molecule has 3 nitrogen and oxygen atoms in total. The van der Waals surface area contributed by atoms with Gasteiger partial charge in [0.25, 0.3) is 0 Å². The molecule has 118 valence electrons. The van der Waals surface area contributed by atoms with Gasteiger partial charge in [0.15, 0.2) is 11.6 Å². The van der Waals surface area contributed by atoms with Crippen LogP contribution in [-0.2, 0) is 13.0 Å². The summed E-state index contributed by atoms with van der Waals surface area (Å²) >= 11 is 0. The zero-order chi connectivity index (χ0) is 15.7. The number of likely N-dealkylation sites (tertiary alicyclic amines) is 1. The maximum Gasteiger partial charge on any atom is 0.163 e. The third kappa shape index (κ3) is 2.65. The first-order valence-electron chi connectivity index (χ1n) is 7.73. The second-order valence-corrected chi connectivity index (χ2v) is 5.80. The van der Waals surface area contributed by atoms with E-state index in [1.54, 1.807) is 12.1 Å². The molecule has 0 bridgehead atoms. The van der Waals surface area contributed by atoms with Crippen LogP contribution in [0.3, 0.4) is 0 Å². The molecule has 0 saturated carbocycles. The van der Waals surface area contributed by atoms with Crippen molar-refractivity contribution < 1.29 is 13.3 Å². The van der Waals surface area contributed by atoms with E-state index in [1.165, 1.54) is 0 Å². The molecule has 0 aliphatic carbocycles. The molecule has 1 aromatic heterocycles. The van der Waals surface area contributed by atoms with Gasteiger partial charge in [-0.15, -0.1) is 0 Å². The summed E-state index contributed by atoms with van der Waals surface area (Å²) in [5.74, 6) is -0.635. The van der Waals surface area contributed by atoms with Crippen LogP contribution in [0.25, 0.3) is 0 Å². The third-order valence-corrected chi connectivity index (χ3v) is 4.41. The van der Waals surface area contributed by atoms with E-state index in [2.05, 4.69) is 10.1 Å². The molecule has 1 aliphatic heterocycles. The first-order chi connectivity index (χ1) is 10.6. The highest BCUT2D eigenvalue weighted by Crippen LogP contribution is 2.37. The lowest BCUT2D eigenvalue weighted by atomic mass is 10.0. The first-order valence-corrected chi connectivity index (χ1v) is 7.73. The molecule has 0 amide bonds. The molecule has 0 spiro atoms. The predicted octanol–water partition coefficient (Wildman–Crippen LogP) is 4.16. The lowest BCUT2D eigenvalue weighted by Gasteiger charge is -2.25. The number of benzene rings is 1. The van der Waals surface area contributed by atoms with Crippen molar-refractivity contribution in [3.05, 3.63) is 52.4 Å². The highest BCUT2D eigenvalue weighted by Gasteiger charge is 2.31. The van der Waals surface area contributed by atoms with Gasteiger partial charge in [-0.25, -0.2) is 8.78 Å². The Morgan fingerprint density at radius 2 is 2.18 bits per heavy atom. The minimum absolute atomic E-state index is 0.170. The third-order valence-electron chi connectivity index (χ3n) is 4.41. The molecule has 1 fully saturated rings. The second-order valence-electron chi connectivity index (χ2n) is 5.80. The monoisotopic (exact) mass is 306 g/mol. The second kappa shape index (κ2) is 6.16. The van der Waals surface area contributed by atoms with E-state index in [1.807, 2.05) is 13.8 Å². The van der Waals surface area contributed by atoms with E-state index in [-0.39, 0.29) is 6.04 Å². The highest BCUT2D eigenvalue weighted by molar-refractivity contribution is 5.28. The Hall–Kier alpha value is -1.75. The molecule has 1 unspecified atom stereocenters. The summed E-state index contributed by atoms with van der Waals surface area (Å²) in [5, 5.41) is 4.07. The van der Waals surface area contributed by atoms with Gasteiger partial charge in [-0.3, -0.25) is 4.90 Å². The van der Waals surface area contributed by atoms with E-state index in [9.17, 15) is 8.78 Å². The molecule has 1 aromatic carbocycles. The SMILES string of the molecule is CCc1onc(C)c1C1CCCN1Cc1cccc(F)c1F. The Kier molecular flexibility index (Phi) is 4.25. The van der Waals surface area contributed by atoms with Crippen LogP contribution in [0, 0.1) is 18.6 Å². The van der Waals surface area contributed by atoms with Gasteiger partial charge in [-0.2, -0.15) is 0 Å². The number of hydrogen-bond acceptors (Lipinski definition) is 3. The molecule has 5 heteroatoms. The van der Waals surface area contributed by atoms with Crippen LogP contribution >= 0.6 is 0 Å². The average molecular weight is 306 g/mol. The Labute approximate surface area is 128 Å². The number of aryl methyl sites for hydroxylation is 2. The van der Waals surface area contributed by atoms with Crippen LogP contribution in [0.15, 0.2) is 22.7 Å². The lowest BCUT2D eigenvalue weighted by Crippen LogP contribution is -2.24. The molecule has 1 saturated heterocycles. The number of nitrogens with zero attached hydrogens (tertiary/aromatic N) is 2. The van der Waals surface area contributed by atoms with Crippen molar-refractivity contribution in [2.45, 2.75) is 45.7 Å². The number of aromatic nitrogens is 1. The summed E-state index contributed by atoms with van der Waals surface area (Å²) in [6.45, 7) is 5.25. The lowest BCUT2D eigenvalue weighted by molar-refractivity contribution is 0.240. The molecule has 1 aliphatic rings. The highest BCUT2D eigenvalue weighted by atomic mass is 19.2. The summed E-state index contributed by atoms with van der Waals surface area (Å²) < 4.78 is 32.7. The topological polar surface area (TPSA) is 29.3 Å². The van der Waals surface area contributed by atoms with Gasteiger partial charge in [-0.05, 0) is 32.4 Å². The van der Waals surface area contributed by atoms with E-state index < -0.39 is 11.6 Å². The van der Waals surface area contributed by atoms with Crippen molar-refractivity contribution in [1.29, 1.82) is 0 Å². The standard InChI is InChI=1S/C17H20F2N2O/c1-3-15-16(11(2)20-22-15)14-8-5-9-21(14)10-12-6-4-7-13(18)17(12)19/h4,6-7,14H,3,5,8-10H2,1-2H3. The van der Waals surface area contributed by atoms with Gasteiger partial charge in [0, 0.05) is 30.1 Å². The van der Waals surface area contributed by atoms with Crippen molar-refractivity contribution in [2.75, 3.05) is 6.54 Å². The molecule has 3 rings (SSSR count). The van der Waals surface area contributed by atoms with Crippen LogP contribution in [0.1, 0.15) is 48.4 Å². The van der Waals surface area contributed by atoms with Crippen molar-refractivity contribution in [2.24, 2.45) is 0 Å². The van der Waals surface area contributed by atoms with E-state index in [0.717, 1.165) is 48.9 Å². The fraction of sp³-hybridized carbons (Fsp3) is 0.471. The van der Waals surface area contributed by atoms with Crippen LogP contribution < -0.4 is 0 Å². The van der Waals surface area contributed by atoms with Gasteiger partial charge >= 0.3 is 0 Å². The van der Waals surface area contributed by atoms with Crippen molar-refractivity contribution in [3.8, 4) is 0 Å². The van der Waals surface area contributed by atoms with Gasteiger partial charge in [-0.1, -0.05) is 24.2 Å². The normalized spacial score (nSPS) is 19.0. The Bertz CT molecular complexity index is 669. The van der Waals surface area contributed by atoms with Crippen molar-refractivity contribution >= 4 is 0 Å². The molecule has 0 N–H and O–H groups in total. The Morgan fingerprint density at radius 3 is 2.95 bits per heavy atom. The number of rotatable bonds is 4. The molecule has 2 heterocycles. The van der Waals surface area contributed by atoms with Gasteiger partial charge in [0.1, 0.15) is 5.76 Å². The fourth-order valence-corrected chi connectivity index (χ4v) is 3.34. The largest absolute Gasteiger partial charge is 0.361 e. The molecule has 22 heavy (non-hydrogen) atoms. The molecular formula is C17H20F2N2O. The molecule has 0 radical (unpaired) electrons. The van der Waals surface area contributed by atoms with Gasteiger partial charge < -0.3 is 4.52 Å². The summed E-state index contributed by atoms with van der Waals surface area (Å²) in [7, 11) is 0. The minimum Gasteiger partial charge on any atom is -0.361 e. The maximum atomic E-state index is 13.9. The van der Waals surface area contributed by atoms with Crippen LogP contribution in [-0.4, -0.2) is 16.6 Å². The number of hydrogen-bond donors (Lipinski definition) is 0. The summed E-state index contributed by atoms with van der Waals surface area (Å²) in [6, 6.07) is 4.53. The van der Waals surface area contributed by atoms with Crippen molar-refractivity contribution in [1.82, 2.24) is 10.1 Å². The maximum absolute atomic E-state index is 13.9. The zero-order valence-electron chi connectivity index (χ0n) is 12.9. The van der Waals surface area contributed by atoms with Crippen LogP contribution in [0.5, 0.6) is 0 Å². The minimum atomic E-state index is -0.788. The smallest absolute Gasteiger partial charge is 0.163 e. The van der Waals surface area contributed by atoms with Gasteiger partial charge in [0.05, 0.1) is 5.69 Å². The summed E-state index contributed by atoms with van der Waals surface area (Å²) in [4.78, 5) is 2.19. The Morgan fingerprint density at radius 1 is 1.36 bits per heavy atom. The molecular weight excluding hydrogens is 286 g/mol. The van der Waals surface area contributed by atoms with Crippen molar-refractivity contribution in [3.63, 3.8) is 0 Å². The van der Waals surface area contributed by atoms with Crippen LogP contribution in [0.2, 0.25) is 0 Å². The van der Waals surface area contributed by atoms with Crippen LogP contribution in [0.4, 0.5) is 8.78 Å². The molecule has 2 aromatic rings. The van der Waals surface area contributed by atoms with Gasteiger partial charge in [0.2, 0.25) is 0 Å². The Balaban J connectivity index is 1.87. The predicted molar refractivity (Wildman–Crippen MR) is 79.4 cm³/mol. The average Bonchev–Trinajstić information content (AvgIpc) is 3.09. The molecule has 1 atom stereocenters. The first kappa shape index (κ1) is 15.2. The number of halogens is 2. The van der Waals surface area contributed by atoms with E-state index in [0.29, 0.717) is 12.1 Å². The zero-order valence-corrected chi connectivity index (χ0v) is 12.9. The quantitative estimate of drug-likeness (QED) is 0.849. The van der Waals surface area contributed by atoms with E-state index >= 15 is 0 Å². The summed E-state index contributed by atoms with van der Waals surface area (Å²) in [5.41, 5.74) is 2.42.